The van der Waals surface area contributed by atoms with E-state index in [1.54, 1.807) is 36.4 Å². The number of nitrogens with one attached hydrogen (secondary N) is 2. The van der Waals surface area contributed by atoms with Crippen LogP contribution in [0.3, 0.4) is 0 Å². The minimum absolute atomic E-state index is 0.0110. The van der Waals surface area contributed by atoms with Gasteiger partial charge in [-0.25, -0.2) is 14.1 Å². The predicted octanol–water partition coefficient (Wildman–Crippen LogP) is 6.45. The SMILES string of the molecule is O=C(CN1C(=O)N/C(=C/c2cc(I)c(OCc3ccc(Cl)cc3Cl)c(I)c2)C1=O)Nc1ccccc1F. The second kappa shape index (κ2) is 12.0. The topological polar surface area (TPSA) is 87.7 Å². The van der Waals surface area contributed by atoms with E-state index in [-0.39, 0.29) is 18.0 Å². The minimum Gasteiger partial charge on any atom is -0.487 e. The Kier molecular flexibility index (Phi) is 8.93. The van der Waals surface area contributed by atoms with E-state index in [9.17, 15) is 18.8 Å². The molecule has 0 bridgehead atoms. The Balaban J connectivity index is 1.45. The molecule has 0 unspecified atom stereocenters. The highest BCUT2D eigenvalue weighted by Crippen LogP contribution is 2.32. The van der Waals surface area contributed by atoms with Gasteiger partial charge in [0.1, 0.15) is 30.4 Å². The van der Waals surface area contributed by atoms with Crippen molar-refractivity contribution in [3.8, 4) is 5.75 Å². The summed E-state index contributed by atoms with van der Waals surface area (Å²) in [6.07, 6.45) is 1.51. The normalized spacial score (nSPS) is 14.2. The van der Waals surface area contributed by atoms with E-state index >= 15 is 0 Å². The van der Waals surface area contributed by atoms with Gasteiger partial charge in [-0.05, 0) is 93.2 Å². The summed E-state index contributed by atoms with van der Waals surface area (Å²) in [4.78, 5) is 38.2. The summed E-state index contributed by atoms with van der Waals surface area (Å²) in [5.74, 6) is -1.36. The number of rotatable bonds is 7. The number of amides is 4. The van der Waals surface area contributed by atoms with Crippen molar-refractivity contribution in [3.63, 3.8) is 0 Å². The van der Waals surface area contributed by atoms with Crippen molar-refractivity contribution in [1.29, 1.82) is 0 Å². The Morgan fingerprint density at radius 1 is 1.08 bits per heavy atom. The lowest BCUT2D eigenvalue weighted by Gasteiger charge is -2.13. The van der Waals surface area contributed by atoms with Gasteiger partial charge in [0.25, 0.3) is 5.91 Å². The van der Waals surface area contributed by atoms with E-state index in [1.165, 1.54) is 24.3 Å². The number of hydrogen-bond donors (Lipinski definition) is 2. The smallest absolute Gasteiger partial charge is 0.329 e. The molecule has 1 aliphatic rings. The van der Waals surface area contributed by atoms with E-state index < -0.39 is 30.2 Å². The standard InChI is InChI=1S/C25H16Cl2FI2N3O4/c26-15-6-5-14(16(27)10-15)12-37-23-18(29)7-13(8-19(23)30)9-21-24(35)33(25(36)32-21)11-22(34)31-20-4-2-1-3-17(20)28/h1-10H,11-12H2,(H,31,34)(H,32,36)/b21-9+. The molecule has 1 fully saturated rings. The molecule has 1 aliphatic heterocycles. The molecule has 3 aromatic carbocycles. The van der Waals surface area contributed by atoms with Gasteiger partial charge in [-0.3, -0.25) is 9.59 Å². The number of carbonyl (C=O) groups excluding carboxylic acids is 3. The van der Waals surface area contributed by atoms with Crippen molar-refractivity contribution in [2.75, 3.05) is 11.9 Å². The molecule has 190 valence electrons. The lowest BCUT2D eigenvalue weighted by atomic mass is 10.2. The summed E-state index contributed by atoms with van der Waals surface area (Å²) in [5, 5.41) is 5.87. The molecular formula is C25H16Cl2FI2N3O4. The Morgan fingerprint density at radius 3 is 2.46 bits per heavy atom. The first-order chi connectivity index (χ1) is 17.6. The van der Waals surface area contributed by atoms with Crippen molar-refractivity contribution < 1.29 is 23.5 Å². The molecule has 1 heterocycles. The maximum atomic E-state index is 13.8. The largest absolute Gasteiger partial charge is 0.487 e. The first kappa shape index (κ1) is 27.6. The van der Waals surface area contributed by atoms with Gasteiger partial charge in [-0.1, -0.05) is 41.4 Å². The molecule has 0 spiro atoms. The number of ether oxygens (including phenoxy) is 1. The minimum atomic E-state index is -0.746. The molecular weight excluding hydrogens is 750 g/mol. The fraction of sp³-hybridized carbons (Fsp3) is 0.0800. The van der Waals surface area contributed by atoms with Crippen LogP contribution >= 0.6 is 68.4 Å². The Hall–Kier alpha value is -2.42. The van der Waals surface area contributed by atoms with Crippen LogP contribution in [0.2, 0.25) is 10.0 Å². The number of nitrogens with zero attached hydrogens (tertiary/aromatic N) is 1. The Morgan fingerprint density at radius 2 is 1.78 bits per heavy atom. The van der Waals surface area contributed by atoms with Crippen LogP contribution in [0.4, 0.5) is 14.9 Å². The van der Waals surface area contributed by atoms with Gasteiger partial charge in [0.05, 0.1) is 12.8 Å². The molecule has 0 aromatic heterocycles. The third-order valence-corrected chi connectivity index (χ3v) is 7.32. The first-order valence-electron chi connectivity index (χ1n) is 10.6. The zero-order chi connectivity index (χ0) is 26.7. The molecule has 4 rings (SSSR count). The van der Waals surface area contributed by atoms with Crippen molar-refractivity contribution in [1.82, 2.24) is 10.2 Å². The number of halogens is 5. The lowest BCUT2D eigenvalue weighted by Crippen LogP contribution is -2.38. The molecule has 3 aromatic rings. The molecule has 0 aliphatic carbocycles. The maximum Gasteiger partial charge on any atom is 0.329 e. The molecule has 0 atom stereocenters. The van der Waals surface area contributed by atoms with Crippen LogP contribution in [-0.4, -0.2) is 29.3 Å². The molecule has 7 nitrogen and oxygen atoms in total. The lowest BCUT2D eigenvalue weighted by molar-refractivity contribution is -0.127. The fourth-order valence-corrected chi connectivity index (χ4v) is 5.96. The van der Waals surface area contributed by atoms with Gasteiger partial charge in [-0.2, -0.15) is 0 Å². The number of carbonyl (C=O) groups is 3. The number of hydrogen-bond acceptors (Lipinski definition) is 4. The second-order valence-corrected chi connectivity index (χ2v) is 10.9. The van der Waals surface area contributed by atoms with E-state index in [1.807, 2.05) is 0 Å². The third kappa shape index (κ3) is 6.72. The average molecular weight is 766 g/mol. The molecule has 2 N–H and O–H groups in total. The van der Waals surface area contributed by atoms with Gasteiger partial charge < -0.3 is 15.4 Å². The Labute approximate surface area is 248 Å². The monoisotopic (exact) mass is 765 g/mol. The average Bonchev–Trinajstić information content (AvgIpc) is 3.08. The summed E-state index contributed by atoms with van der Waals surface area (Å²) < 4.78 is 21.3. The highest BCUT2D eigenvalue weighted by atomic mass is 127. The molecule has 0 radical (unpaired) electrons. The number of urea groups is 1. The van der Waals surface area contributed by atoms with Crippen LogP contribution < -0.4 is 15.4 Å². The van der Waals surface area contributed by atoms with Crippen molar-refractivity contribution >= 4 is 98.0 Å². The van der Waals surface area contributed by atoms with Gasteiger partial charge in [0.2, 0.25) is 5.91 Å². The van der Waals surface area contributed by atoms with Crippen LogP contribution in [-0.2, 0) is 16.2 Å². The van der Waals surface area contributed by atoms with Crippen LogP contribution in [0.1, 0.15) is 11.1 Å². The molecule has 37 heavy (non-hydrogen) atoms. The van der Waals surface area contributed by atoms with Crippen LogP contribution in [0.5, 0.6) is 5.75 Å². The highest BCUT2D eigenvalue weighted by Gasteiger charge is 2.35. The van der Waals surface area contributed by atoms with Crippen molar-refractivity contribution in [3.05, 3.63) is 94.4 Å². The predicted molar refractivity (Wildman–Crippen MR) is 156 cm³/mol. The molecule has 0 saturated carbocycles. The summed E-state index contributed by atoms with van der Waals surface area (Å²) >= 11 is 16.4. The van der Waals surface area contributed by atoms with Gasteiger partial charge in [-0.15, -0.1) is 0 Å². The zero-order valence-corrected chi connectivity index (χ0v) is 24.5. The van der Waals surface area contributed by atoms with Crippen LogP contribution in [0, 0.1) is 13.0 Å². The van der Waals surface area contributed by atoms with Crippen LogP contribution in [0.15, 0.2) is 60.3 Å². The van der Waals surface area contributed by atoms with E-state index in [2.05, 4.69) is 55.8 Å². The van der Waals surface area contributed by atoms with E-state index in [0.29, 0.717) is 21.4 Å². The summed E-state index contributed by atoms with van der Waals surface area (Å²) in [7, 11) is 0. The van der Waals surface area contributed by atoms with Crippen molar-refractivity contribution in [2.24, 2.45) is 0 Å². The number of anilines is 1. The molecule has 4 amide bonds. The van der Waals surface area contributed by atoms with E-state index in [4.69, 9.17) is 27.9 Å². The quantitative estimate of drug-likeness (QED) is 0.165. The van der Waals surface area contributed by atoms with E-state index in [0.717, 1.165) is 17.6 Å². The van der Waals surface area contributed by atoms with Crippen LogP contribution in [0.25, 0.3) is 6.08 Å². The Bertz CT molecular complexity index is 1430. The second-order valence-electron chi connectivity index (χ2n) is 7.75. The first-order valence-corrected chi connectivity index (χ1v) is 13.5. The third-order valence-electron chi connectivity index (χ3n) is 5.13. The fourth-order valence-electron chi connectivity index (χ4n) is 3.37. The summed E-state index contributed by atoms with van der Waals surface area (Å²) in [5.41, 5.74) is 1.39. The number of benzene rings is 3. The maximum absolute atomic E-state index is 13.8. The van der Waals surface area contributed by atoms with Gasteiger partial charge in [0.15, 0.2) is 0 Å². The highest BCUT2D eigenvalue weighted by molar-refractivity contribution is 14.1. The number of imide groups is 1. The molecule has 12 heteroatoms. The summed E-state index contributed by atoms with van der Waals surface area (Å²) in [6, 6.07) is 13.6. The zero-order valence-electron chi connectivity index (χ0n) is 18.7. The molecule has 1 saturated heterocycles. The van der Waals surface area contributed by atoms with Crippen molar-refractivity contribution in [2.45, 2.75) is 6.61 Å². The van der Waals surface area contributed by atoms with Gasteiger partial charge in [0, 0.05) is 15.6 Å². The van der Waals surface area contributed by atoms with Gasteiger partial charge >= 0.3 is 6.03 Å². The summed E-state index contributed by atoms with van der Waals surface area (Å²) in [6.45, 7) is -0.327. The number of para-hydroxylation sites is 1.